The highest BCUT2D eigenvalue weighted by molar-refractivity contribution is 5.79. The molecule has 2 atom stereocenters. The molecule has 0 saturated carbocycles. The molecule has 1 aliphatic heterocycles. The van der Waals surface area contributed by atoms with E-state index in [9.17, 15) is 13.6 Å². The zero-order valence-corrected chi connectivity index (χ0v) is 9.47. The molecule has 1 amide bonds. The quantitative estimate of drug-likeness (QED) is 0.808. The Morgan fingerprint density at radius 2 is 2.24 bits per heavy atom. The van der Waals surface area contributed by atoms with Crippen LogP contribution in [0.2, 0.25) is 0 Å². The van der Waals surface area contributed by atoms with Crippen LogP contribution in [0, 0.1) is 17.6 Å². The Labute approximate surface area is 98.0 Å². The minimum absolute atomic E-state index is 0.327. The largest absolute Gasteiger partial charge is 0.369 e. The van der Waals surface area contributed by atoms with Crippen LogP contribution in [0.3, 0.4) is 0 Å². The van der Waals surface area contributed by atoms with Gasteiger partial charge >= 0.3 is 0 Å². The van der Waals surface area contributed by atoms with Gasteiger partial charge in [0.05, 0.1) is 5.92 Å². The molecule has 1 heterocycles. The molecule has 1 aromatic rings. The fourth-order valence-electron chi connectivity index (χ4n) is 2.47. The number of nitrogens with one attached hydrogen (secondary N) is 1. The van der Waals surface area contributed by atoms with Crippen LogP contribution in [-0.2, 0) is 10.2 Å². The number of carbonyl (C=O) groups excluding carboxylic acids is 1. The fraction of sp³-hybridized carbons (Fsp3) is 0.417. The van der Waals surface area contributed by atoms with Crippen LogP contribution in [0.25, 0.3) is 0 Å². The van der Waals surface area contributed by atoms with Crippen molar-refractivity contribution in [1.82, 2.24) is 5.32 Å². The number of nitrogens with two attached hydrogens (primary N) is 1. The van der Waals surface area contributed by atoms with Gasteiger partial charge in [-0.15, -0.1) is 0 Å². The molecule has 1 fully saturated rings. The van der Waals surface area contributed by atoms with Crippen molar-refractivity contribution >= 4 is 5.91 Å². The number of amides is 1. The maximum Gasteiger partial charge on any atom is 0.222 e. The molecule has 1 aliphatic rings. The van der Waals surface area contributed by atoms with Gasteiger partial charge in [-0.25, -0.2) is 8.78 Å². The molecular formula is C12H14F2N2O. The molecule has 1 aromatic carbocycles. The summed E-state index contributed by atoms with van der Waals surface area (Å²) in [4.78, 5) is 11.4. The molecule has 0 bridgehead atoms. The minimum atomic E-state index is -0.719. The van der Waals surface area contributed by atoms with Crippen molar-refractivity contribution in [3.05, 3.63) is 35.4 Å². The number of hydrogen-bond donors (Lipinski definition) is 2. The monoisotopic (exact) mass is 240 g/mol. The van der Waals surface area contributed by atoms with Gasteiger partial charge in [-0.05, 0) is 11.6 Å². The van der Waals surface area contributed by atoms with Crippen molar-refractivity contribution in [3.8, 4) is 0 Å². The molecule has 0 aromatic heterocycles. The predicted molar refractivity (Wildman–Crippen MR) is 59.3 cm³/mol. The molecule has 17 heavy (non-hydrogen) atoms. The Hall–Kier alpha value is -1.49. The maximum atomic E-state index is 13.8. The third-order valence-electron chi connectivity index (χ3n) is 3.50. The zero-order chi connectivity index (χ0) is 12.6. The van der Waals surface area contributed by atoms with Crippen molar-refractivity contribution in [2.75, 3.05) is 13.1 Å². The van der Waals surface area contributed by atoms with E-state index in [0.717, 1.165) is 6.07 Å². The van der Waals surface area contributed by atoms with Gasteiger partial charge in [0.25, 0.3) is 0 Å². The van der Waals surface area contributed by atoms with E-state index in [1.54, 1.807) is 6.92 Å². The fourth-order valence-corrected chi connectivity index (χ4v) is 2.47. The van der Waals surface area contributed by atoms with E-state index >= 15 is 0 Å². The Morgan fingerprint density at radius 3 is 2.82 bits per heavy atom. The highest BCUT2D eigenvalue weighted by Crippen LogP contribution is 2.36. The third-order valence-corrected chi connectivity index (χ3v) is 3.50. The first-order valence-corrected chi connectivity index (χ1v) is 5.41. The Bertz CT molecular complexity index is 464. The summed E-state index contributed by atoms with van der Waals surface area (Å²) in [5.41, 5.74) is 4.92. The summed E-state index contributed by atoms with van der Waals surface area (Å²) in [6.07, 6.45) is 0. The standard InChI is InChI=1S/C12H14F2N2O/c1-12(6-16-5-9(12)11(15)17)8-3-2-7(13)4-10(8)14/h2-4,9,16H,5-6H2,1H3,(H2,15,17). The number of benzene rings is 1. The number of rotatable bonds is 2. The average Bonchev–Trinajstić information content (AvgIpc) is 2.60. The van der Waals surface area contributed by atoms with Crippen molar-refractivity contribution in [2.24, 2.45) is 11.7 Å². The summed E-state index contributed by atoms with van der Waals surface area (Å²) in [5, 5.41) is 3.02. The lowest BCUT2D eigenvalue weighted by Gasteiger charge is -2.29. The van der Waals surface area contributed by atoms with Gasteiger partial charge in [-0.2, -0.15) is 0 Å². The van der Waals surface area contributed by atoms with Gasteiger partial charge in [-0.3, -0.25) is 4.79 Å². The molecule has 5 heteroatoms. The van der Waals surface area contributed by atoms with Crippen molar-refractivity contribution in [3.63, 3.8) is 0 Å². The summed E-state index contributed by atoms with van der Waals surface area (Å²) in [7, 11) is 0. The van der Waals surface area contributed by atoms with E-state index < -0.39 is 28.9 Å². The van der Waals surface area contributed by atoms with Crippen LogP contribution in [0.1, 0.15) is 12.5 Å². The molecule has 1 saturated heterocycles. The third kappa shape index (κ3) is 1.91. The normalized spacial score (nSPS) is 28.3. The van der Waals surface area contributed by atoms with E-state index in [1.807, 2.05) is 0 Å². The average molecular weight is 240 g/mol. The molecule has 2 unspecified atom stereocenters. The maximum absolute atomic E-state index is 13.8. The van der Waals surface area contributed by atoms with Crippen molar-refractivity contribution in [2.45, 2.75) is 12.3 Å². The zero-order valence-electron chi connectivity index (χ0n) is 9.47. The van der Waals surface area contributed by atoms with E-state index in [-0.39, 0.29) is 0 Å². The second-order valence-electron chi connectivity index (χ2n) is 4.63. The first-order valence-electron chi connectivity index (χ1n) is 5.41. The molecular weight excluding hydrogens is 226 g/mol. The van der Waals surface area contributed by atoms with Gasteiger partial charge in [0.15, 0.2) is 0 Å². The van der Waals surface area contributed by atoms with E-state index in [4.69, 9.17) is 5.73 Å². The van der Waals surface area contributed by atoms with Crippen molar-refractivity contribution in [1.29, 1.82) is 0 Å². The molecule has 3 nitrogen and oxygen atoms in total. The highest BCUT2D eigenvalue weighted by Gasteiger charge is 2.44. The van der Waals surface area contributed by atoms with Gasteiger partial charge in [0.2, 0.25) is 5.91 Å². The van der Waals surface area contributed by atoms with Crippen LogP contribution < -0.4 is 11.1 Å². The van der Waals surface area contributed by atoms with Gasteiger partial charge in [0, 0.05) is 24.6 Å². The summed E-state index contributed by atoms with van der Waals surface area (Å²) in [5.74, 6) is -2.22. The summed E-state index contributed by atoms with van der Waals surface area (Å²) >= 11 is 0. The van der Waals surface area contributed by atoms with E-state index in [2.05, 4.69) is 5.32 Å². The Kier molecular flexibility index (Phi) is 2.87. The van der Waals surface area contributed by atoms with Gasteiger partial charge < -0.3 is 11.1 Å². The highest BCUT2D eigenvalue weighted by atomic mass is 19.1. The van der Waals surface area contributed by atoms with Crippen LogP contribution >= 0.6 is 0 Å². The number of hydrogen-bond acceptors (Lipinski definition) is 2. The number of carbonyl (C=O) groups is 1. The lowest BCUT2D eigenvalue weighted by molar-refractivity contribution is -0.122. The van der Waals surface area contributed by atoms with Crippen LogP contribution in [0.15, 0.2) is 18.2 Å². The molecule has 92 valence electrons. The van der Waals surface area contributed by atoms with Crippen LogP contribution in [0.4, 0.5) is 8.78 Å². The number of halogens is 2. The van der Waals surface area contributed by atoms with E-state index in [1.165, 1.54) is 12.1 Å². The lowest BCUT2D eigenvalue weighted by Crippen LogP contribution is -2.40. The van der Waals surface area contributed by atoms with Crippen molar-refractivity contribution < 1.29 is 13.6 Å². The first kappa shape index (κ1) is 12.0. The molecule has 0 radical (unpaired) electrons. The summed E-state index contributed by atoms with van der Waals surface area (Å²) < 4.78 is 26.6. The smallest absolute Gasteiger partial charge is 0.222 e. The van der Waals surface area contributed by atoms with Crippen LogP contribution in [-0.4, -0.2) is 19.0 Å². The molecule has 0 aliphatic carbocycles. The lowest BCUT2D eigenvalue weighted by atomic mass is 9.73. The van der Waals surface area contributed by atoms with Crippen LogP contribution in [0.5, 0.6) is 0 Å². The second-order valence-corrected chi connectivity index (χ2v) is 4.63. The number of primary amides is 1. The summed E-state index contributed by atoms with van der Waals surface area (Å²) in [6.45, 7) is 2.63. The van der Waals surface area contributed by atoms with Gasteiger partial charge in [-0.1, -0.05) is 13.0 Å². The molecule has 2 rings (SSSR count). The second kappa shape index (κ2) is 4.07. The SMILES string of the molecule is CC1(c2ccc(F)cc2F)CNCC1C(N)=O. The predicted octanol–water partition coefficient (Wildman–Crippen LogP) is 0.927. The summed E-state index contributed by atoms with van der Waals surface area (Å²) in [6, 6.07) is 3.41. The first-order chi connectivity index (χ1) is 7.95. The Balaban J connectivity index is 2.47. The van der Waals surface area contributed by atoms with Gasteiger partial charge in [0.1, 0.15) is 11.6 Å². The topological polar surface area (TPSA) is 55.1 Å². The Morgan fingerprint density at radius 1 is 1.53 bits per heavy atom. The molecule has 0 spiro atoms. The minimum Gasteiger partial charge on any atom is -0.369 e. The van der Waals surface area contributed by atoms with E-state index in [0.29, 0.717) is 18.7 Å². The molecule has 3 N–H and O–H groups in total.